The zero-order valence-electron chi connectivity index (χ0n) is 17.8. The quantitative estimate of drug-likeness (QED) is 0.454. The van der Waals surface area contributed by atoms with Gasteiger partial charge in [0.25, 0.3) is 5.91 Å². The minimum atomic E-state index is -3.74. The number of anilines is 1. The summed E-state index contributed by atoms with van der Waals surface area (Å²) in [6, 6.07) is 17.0. The maximum absolute atomic E-state index is 13.2. The zero-order valence-corrected chi connectivity index (χ0v) is 20.2. The van der Waals surface area contributed by atoms with E-state index >= 15 is 0 Å². The molecule has 0 aliphatic carbocycles. The molecule has 0 fully saturated rings. The van der Waals surface area contributed by atoms with Gasteiger partial charge in [-0.15, -0.1) is 0 Å². The lowest BCUT2D eigenvalue weighted by molar-refractivity contribution is -0.112. The number of carbonyl (C=O) groups is 1. The second-order valence-corrected chi connectivity index (χ2v) is 10.7. The molecule has 0 atom stereocenters. The molecule has 0 saturated heterocycles. The van der Waals surface area contributed by atoms with Crippen LogP contribution in [-0.4, -0.2) is 28.5 Å². The van der Waals surface area contributed by atoms with E-state index in [0.717, 1.165) is 10.5 Å². The average Bonchev–Trinajstić information content (AvgIpc) is 2.80. The van der Waals surface area contributed by atoms with E-state index in [1.165, 1.54) is 32.0 Å². The summed E-state index contributed by atoms with van der Waals surface area (Å²) in [5, 5.41) is 3.41. The van der Waals surface area contributed by atoms with E-state index in [-0.39, 0.29) is 16.6 Å². The maximum atomic E-state index is 13.2. The van der Waals surface area contributed by atoms with E-state index in [9.17, 15) is 13.2 Å². The molecule has 0 bridgehead atoms. The van der Waals surface area contributed by atoms with Crippen LogP contribution in [0.2, 0.25) is 5.02 Å². The Bertz CT molecular complexity index is 1330. The molecule has 0 spiro atoms. The van der Waals surface area contributed by atoms with Crippen molar-refractivity contribution < 1.29 is 22.7 Å². The van der Waals surface area contributed by atoms with Crippen LogP contribution in [0.25, 0.3) is 6.08 Å². The van der Waals surface area contributed by atoms with Gasteiger partial charge in [-0.05, 0) is 54.1 Å². The number of hydrogen-bond acceptors (Lipinski definition) is 6. The number of carbonyl (C=O) groups excluding carboxylic acids is 1. The lowest BCUT2D eigenvalue weighted by atomic mass is 10.2. The number of rotatable bonds is 6. The van der Waals surface area contributed by atoms with Crippen molar-refractivity contribution in [2.45, 2.75) is 15.5 Å². The number of thioether (sulfide) groups is 1. The minimum Gasteiger partial charge on any atom is -0.496 e. The molecule has 1 aliphatic heterocycles. The molecule has 1 heterocycles. The van der Waals surface area contributed by atoms with Gasteiger partial charge < -0.3 is 14.8 Å². The molecule has 3 aromatic carbocycles. The average molecular weight is 502 g/mol. The summed E-state index contributed by atoms with van der Waals surface area (Å²) in [6.07, 6.45) is 1.76. The summed E-state index contributed by atoms with van der Waals surface area (Å²) in [4.78, 5) is 14.0. The third-order valence-corrected chi connectivity index (χ3v) is 8.03. The van der Waals surface area contributed by atoms with Gasteiger partial charge in [0.05, 0.1) is 41.0 Å². The molecule has 1 amide bonds. The van der Waals surface area contributed by atoms with Gasteiger partial charge in [-0.2, -0.15) is 0 Å². The molecule has 9 heteroatoms. The van der Waals surface area contributed by atoms with Crippen LogP contribution in [0.5, 0.6) is 11.5 Å². The highest BCUT2D eigenvalue weighted by atomic mass is 35.5. The Morgan fingerprint density at radius 2 is 1.67 bits per heavy atom. The van der Waals surface area contributed by atoms with E-state index in [4.69, 9.17) is 21.1 Å². The van der Waals surface area contributed by atoms with Crippen molar-refractivity contribution in [3.05, 3.63) is 81.7 Å². The Hall–Kier alpha value is -2.94. The van der Waals surface area contributed by atoms with Crippen LogP contribution in [0.1, 0.15) is 11.1 Å². The molecular formula is C24H20ClNO5S2. The lowest BCUT2D eigenvalue weighted by Crippen LogP contribution is -2.18. The van der Waals surface area contributed by atoms with Crippen LogP contribution in [0.4, 0.5) is 5.69 Å². The fraction of sp³-hybridized carbons (Fsp3) is 0.125. The minimum absolute atomic E-state index is 0.0974. The number of methoxy groups -OCH3 is 2. The number of sulfone groups is 1. The monoisotopic (exact) mass is 501 g/mol. The summed E-state index contributed by atoms with van der Waals surface area (Å²) < 4.78 is 37.0. The smallest absolute Gasteiger partial charge is 0.262 e. The molecule has 1 N–H and O–H groups in total. The number of hydrogen-bond donors (Lipinski definition) is 1. The van der Waals surface area contributed by atoms with Crippen LogP contribution < -0.4 is 14.8 Å². The highest BCUT2D eigenvalue weighted by Crippen LogP contribution is 2.41. The van der Waals surface area contributed by atoms with Gasteiger partial charge in [0.15, 0.2) is 9.84 Å². The Labute approximate surface area is 201 Å². The fourth-order valence-electron chi connectivity index (χ4n) is 3.39. The van der Waals surface area contributed by atoms with Crippen molar-refractivity contribution in [1.82, 2.24) is 0 Å². The predicted molar refractivity (Wildman–Crippen MR) is 131 cm³/mol. The van der Waals surface area contributed by atoms with Crippen molar-refractivity contribution in [1.29, 1.82) is 0 Å². The van der Waals surface area contributed by atoms with Gasteiger partial charge in [0, 0.05) is 9.92 Å². The van der Waals surface area contributed by atoms with Crippen LogP contribution in [-0.2, 0) is 20.4 Å². The Morgan fingerprint density at radius 1 is 1.00 bits per heavy atom. The third kappa shape index (κ3) is 5.03. The van der Waals surface area contributed by atoms with E-state index in [1.54, 1.807) is 48.5 Å². The second kappa shape index (κ2) is 9.51. The molecule has 6 nitrogen and oxygen atoms in total. The molecular weight excluding hydrogens is 482 g/mol. The molecule has 0 saturated carbocycles. The van der Waals surface area contributed by atoms with E-state index in [0.29, 0.717) is 32.7 Å². The van der Waals surface area contributed by atoms with Crippen molar-refractivity contribution >= 4 is 50.9 Å². The van der Waals surface area contributed by atoms with Gasteiger partial charge in [-0.3, -0.25) is 4.79 Å². The first kappa shape index (κ1) is 23.2. The van der Waals surface area contributed by atoms with Gasteiger partial charge in [-0.25, -0.2) is 8.42 Å². The topological polar surface area (TPSA) is 81.7 Å². The molecule has 170 valence electrons. The molecule has 3 aromatic rings. The number of fused-ring (bicyclic) bond motifs is 1. The fourth-order valence-corrected chi connectivity index (χ4v) is 5.85. The highest BCUT2D eigenvalue weighted by Gasteiger charge is 2.26. The second-order valence-electron chi connectivity index (χ2n) is 7.17. The van der Waals surface area contributed by atoms with Gasteiger partial charge in [0.2, 0.25) is 0 Å². The number of nitrogens with one attached hydrogen (secondary N) is 1. The van der Waals surface area contributed by atoms with Gasteiger partial charge >= 0.3 is 0 Å². The SMILES string of the molecule is COc1cccc(OC)c1CS(=O)(=O)c1ccc2c(c1)NC(=O)/C(=C/c1ccc(Cl)cc1)S2. The van der Waals surface area contributed by atoms with Crippen molar-refractivity contribution in [2.75, 3.05) is 19.5 Å². The van der Waals surface area contributed by atoms with Crippen LogP contribution in [0.15, 0.2) is 75.4 Å². The van der Waals surface area contributed by atoms with E-state index in [2.05, 4.69) is 5.32 Å². The van der Waals surface area contributed by atoms with Crippen LogP contribution >= 0.6 is 23.4 Å². The molecule has 0 unspecified atom stereocenters. The Balaban J connectivity index is 1.63. The van der Waals surface area contributed by atoms with Crippen molar-refractivity contribution in [2.24, 2.45) is 0 Å². The van der Waals surface area contributed by atoms with Crippen LogP contribution in [0.3, 0.4) is 0 Å². The number of benzene rings is 3. The zero-order chi connectivity index (χ0) is 23.6. The largest absolute Gasteiger partial charge is 0.496 e. The lowest BCUT2D eigenvalue weighted by Gasteiger charge is -2.20. The highest BCUT2D eigenvalue weighted by molar-refractivity contribution is 8.04. The number of halogens is 1. The summed E-state index contributed by atoms with van der Waals surface area (Å²) in [7, 11) is -0.788. The Kier molecular flexibility index (Phi) is 6.69. The first-order valence-corrected chi connectivity index (χ1v) is 12.7. The number of ether oxygens (including phenoxy) is 2. The summed E-state index contributed by atoms with van der Waals surface area (Å²) >= 11 is 7.20. The number of amides is 1. The van der Waals surface area contributed by atoms with E-state index in [1.807, 2.05) is 12.1 Å². The third-order valence-electron chi connectivity index (χ3n) is 5.03. The maximum Gasteiger partial charge on any atom is 0.262 e. The molecule has 33 heavy (non-hydrogen) atoms. The van der Waals surface area contributed by atoms with Crippen molar-refractivity contribution in [3.63, 3.8) is 0 Å². The summed E-state index contributed by atoms with van der Waals surface area (Å²) in [5.41, 5.74) is 1.73. The predicted octanol–water partition coefficient (Wildman–Crippen LogP) is 5.42. The van der Waals surface area contributed by atoms with Gasteiger partial charge in [-0.1, -0.05) is 41.6 Å². The first-order valence-electron chi connectivity index (χ1n) is 9.84. The van der Waals surface area contributed by atoms with Gasteiger partial charge in [0.1, 0.15) is 11.5 Å². The summed E-state index contributed by atoms with van der Waals surface area (Å²) in [6.45, 7) is 0. The first-order chi connectivity index (χ1) is 15.8. The molecule has 0 aromatic heterocycles. The van der Waals surface area contributed by atoms with E-state index < -0.39 is 9.84 Å². The summed E-state index contributed by atoms with van der Waals surface area (Å²) in [5.74, 6) is 0.249. The Morgan fingerprint density at radius 3 is 2.30 bits per heavy atom. The molecule has 0 radical (unpaired) electrons. The van der Waals surface area contributed by atoms with Crippen molar-refractivity contribution in [3.8, 4) is 11.5 Å². The standard InChI is InChI=1S/C24H20ClNO5S2/c1-30-20-4-3-5-21(31-2)18(20)14-33(28,29)17-10-11-22-19(13-17)26-24(27)23(32-22)12-15-6-8-16(25)9-7-15/h3-13H,14H2,1-2H3,(H,26,27)/b23-12-. The van der Waals surface area contributed by atoms with Crippen LogP contribution in [0, 0.1) is 0 Å². The molecule has 1 aliphatic rings. The normalized spacial score (nSPS) is 14.5. The molecule has 4 rings (SSSR count).